The molecule has 1 aromatic carbocycles. The fourth-order valence-electron chi connectivity index (χ4n) is 1.80. The Morgan fingerprint density at radius 3 is 2.24 bits per heavy atom. The Bertz CT molecular complexity index is 695. The third-order valence-electron chi connectivity index (χ3n) is 2.64. The monoisotopic (exact) mass is 329 g/mol. The van der Waals surface area contributed by atoms with E-state index in [0.29, 0.717) is 0 Å². The highest BCUT2D eigenvalue weighted by atomic mass is 35.5. The number of benzene rings is 1. The first-order chi connectivity index (χ1) is 9.50. The molecule has 0 aliphatic carbocycles. The predicted octanol–water partition coefficient (Wildman–Crippen LogP) is 5.11. The first-order valence-electron chi connectivity index (χ1n) is 5.42. The van der Waals surface area contributed by atoms with Crippen LogP contribution in [0.1, 0.15) is 11.3 Å². The van der Waals surface area contributed by atoms with Gasteiger partial charge in [0.15, 0.2) is 5.75 Å². The lowest BCUT2D eigenvalue weighted by atomic mass is 10.1. The number of para-hydroxylation sites is 1. The summed E-state index contributed by atoms with van der Waals surface area (Å²) in [5.74, 6) is -0.840. The van der Waals surface area contributed by atoms with E-state index in [1.807, 2.05) is 0 Å². The van der Waals surface area contributed by atoms with Gasteiger partial charge < -0.3 is 4.74 Å². The summed E-state index contributed by atoms with van der Waals surface area (Å²) in [7, 11) is 0. The molecule has 0 amide bonds. The SMILES string of the molecule is Cc1c(C(F)(F)F)nc2c(OC(F)(F)F)cccc2c1Cl. The van der Waals surface area contributed by atoms with Gasteiger partial charge in [-0.05, 0) is 18.6 Å². The number of aromatic nitrogens is 1. The number of hydrogen-bond donors (Lipinski definition) is 0. The quantitative estimate of drug-likeness (QED) is 0.678. The van der Waals surface area contributed by atoms with Gasteiger partial charge in [-0.15, -0.1) is 13.2 Å². The fourth-order valence-corrected chi connectivity index (χ4v) is 2.04. The Kier molecular flexibility index (Phi) is 3.69. The van der Waals surface area contributed by atoms with Crippen LogP contribution < -0.4 is 4.74 Å². The molecule has 0 saturated carbocycles. The lowest BCUT2D eigenvalue weighted by molar-refractivity contribution is -0.274. The molecule has 0 bridgehead atoms. The van der Waals surface area contributed by atoms with E-state index >= 15 is 0 Å². The van der Waals surface area contributed by atoms with Crippen LogP contribution in [0.4, 0.5) is 26.3 Å². The molecular weight excluding hydrogens is 324 g/mol. The van der Waals surface area contributed by atoms with Gasteiger partial charge in [-0.25, -0.2) is 4.98 Å². The van der Waals surface area contributed by atoms with Crippen molar-refractivity contribution >= 4 is 22.5 Å². The second-order valence-corrected chi connectivity index (χ2v) is 4.48. The van der Waals surface area contributed by atoms with E-state index in [2.05, 4.69) is 9.72 Å². The van der Waals surface area contributed by atoms with Gasteiger partial charge in [0.1, 0.15) is 11.2 Å². The van der Waals surface area contributed by atoms with Crippen molar-refractivity contribution in [2.75, 3.05) is 0 Å². The third kappa shape index (κ3) is 3.15. The number of fused-ring (bicyclic) bond motifs is 1. The van der Waals surface area contributed by atoms with Crippen LogP contribution in [0.5, 0.6) is 5.75 Å². The van der Waals surface area contributed by atoms with Crippen LogP contribution in [-0.2, 0) is 6.18 Å². The fraction of sp³-hybridized carbons (Fsp3) is 0.250. The maximum atomic E-state index is 12.8. The molecule has 0 aliphatic heterocycles. The van der Waals surface area contributed by atoms with E-state index in [-0.39, 0.29) is 16.0 Å². The van der Waals surface area contributed by atoms with Gasteiger partial charge in [-0.3, -0.25) is 0 Å². The molecule has 0 radical (unpaired) electrons. The van der Waals surface area contributed by atoms with Crippen molar-refractivity contribution in [3.8, 4) is 5.75 Å². The number of halogens is 7. The molecule has 2 nitrogen and oxygen atoms in total. The van der Waals surface area contributed by atoms with Crippen molar-refractivity contribution in [3.63, 3.8) is 0 Å². The Morgan fingerprint density at radius 1 is 1.10 bits per heavy atom. The van der Waals surface area contributed by atoms with Crippen molar-refractivity contribution in [1.82, 2.24) is 4.98 Å². The lowest BCUT2D eigenvalue weighted by Gasteiger charge is -2.15. The number of alkyl halides is 6. The molecule has 9 heteroatoms. The second kappa shape index (κ2) is 4.94. The van der Waals surface area contributed by atoms with E-state index in [1.165, 1.54) is 12.1 Å². The van der Waals surface area contributed by atoms with Crippen LogP contribution in [0, 0.1) is 6.92 Å². The predicted molar refractivity (Wildman–Crippen MR) is 63.2 cm³/mol. The third-order valence-corrected chi connectivity index (χ3v) is 3.12. The highest BCUT2D eigenvalue weighted by Gasteiger charge is 2.37. The molecule has 2 aromatic rings. The van der Waals surface area contributed by atoms with Crippen molar-refractivity contribution < 1.29 is 31.1 Å². The van der Waals surface area contributed by atoms with E-state index in [4.69, 9.17) is 11.6 Å². The van der Waals surface area contributed by atoms with Crippen LogP contribution in [0.15, 0.2) is 18.2 Å². The minimum Gasteiger partial charge on any atom is -0.403 e. The highest BCUT2D eigenvalue weighted by Crippen LogP contribution is 2.39. The standard InChI is InChI=1S/C12H6ClF6NO/c1-5-8(13)6-3-2-4-7(21-12(17,18)19)9(6)20-10(5)11(14,15)16/h2-4H,1H3. The first-order valence-corrected chi connectivity index (χ1v) is 5.80. The number of ether oxygens (including phenoxy) is 1. The lowest BCUT2D eigenvalue weighted by Crippen LogP contribution is -2.18. The summed E-state index contributed by atoms with van der Waals surface area (Å²) >= 11 is 5.80. The largest absolute Gasteiger partial charge is 0.573 e. The summed E-state index contributed by atoms with van der Waals surface area (Å²) in [5, 5.41) is -0.371. The van der Waals surface area contributed by atoms with E-state index in [1.54, 1.807) is 0 Å². The van der Waals surface area contributed by atoms with Gasteiger partial charge in [0.25, 0.3) is 0 Å². The second-order valence-electron chi connectivity index (χ2n) is 4.10. The van der Waals surface area contributed by atoms with E-state index in [0.717, 1.165) is 13.0 Å². The Balaban J connectivity index is 2.78. The summed E-state index contributed by atoms with van der Waals surface area (Å²) in [4.78, 5) is 3.26. The van der Waals surface area contributed by atoms with E-state index in [9.17, 15) is 26.3 Å². The van der Waals surface area contributed by atoms with Crippen LogP contribution in [0.2, 0.25) is 5.02 Å². The van der Waals surface area contributed by atoms with Crippen molar-refractivity contribution in [1.29, 1.82) is 0 Å². The molecule has 0 atom stereocenters. The van der Waals surface area contributed by atoms with E-state index < -0.39 is 29.5 Å². The number of hydrogen-bond acceptors (Lipinski definition) is 2. The molecule has 0 unspecified atom stereocenters. The van der Waals surface area contributed by atoms with Crippen molar-refractivity contribution in [2.24, 2.45) is 0 Å². The van der Waals surface area contributed by atoms with Crippen molar-refractivity contribution in [3.05, 3.63) is 34.5 Å². The van der Waals surface area contributed by atoms with Gasteiger partial charge in [0, 0.05) is 5.39 Å². The molecule has 21 heavy (non-hydrogen) atoms. The Morgan fingerprint density at radius 2 is 1.71 bits per heavy atom. The minimum absolute atomic E-state index is 0.0519. The normalized spacial score (nSPS) is 12.8. The first kappa shape index (κ1) is 15.7. The zero-order valence-electron chi connectivity index (χ0n) is 10.2. The van der Waals surface area contributed by atoms with Crippen molar-refractivity contribution in [2.45, 2.75) is 19.5 Å². The minimum atomic E-state index is -5.05. The molecular formula is C12H6ClF6NO. The highest BCUT2D eigenvalue weighted by molar-refractivity contribution is 6.36. The van der Waals surface area contributed by atoms with Crippen LogP contribution in [0.3, 0.4) is 0 Å². The molecule has 1 aromatic heterocycles. The van der Waals surface area contributed by atoms with Gasteiger partial charge in [0.2, 0.25) is 0 Å². The molecule has 0 saturated heterocycles. The zero-order valence-corrected chi connectivity index (χ0v) is 11.0. The average molecular weight is 330 g/mol. The zero-order chi connectivity index (χ0) is 16.0. The van der Waals surface area contributed by atoms with Gasteiger partial charge in [0.05, 0.1) is 5.02 Å². The average Bonchev–Trinajstić information content (AvgIpc) is 2.31. The Hall–Kier alpha value is -1.70. The molecule has 0 N–H and O–H groups in total. The maximum absolute atomic E-state index is 12.8. The van der Waals surface area contributed by atoms with Gasteiger partial charge in [-0.1, -0.05) is 23.7 Å². The van der Waals surface area contributed by atoms with Gasteiger partial charge >= 0.3 is 12.5 Å². The van der Waals surface area contributed by atoms with Crippen LogP contribution >= 0.6 is 11.6 Å². The number of nitrogens with zero attached hydrogens (tertiary/aromatic N) is 1. The molecule has 0 fully saturated rings. The summed E-state index contributed by atoms with van der Waals surface area (Å²) in [6.07, 6.45) is -9.89. The molecule has 114 valence electrons. The Labute approximate surface area is 119 Å². The topological polar surface area (TPSA) is 22.1 Å². The van der Waals surface area contributed by atoms with Crippen LogP contribution in [0.25, 0.3) is 10.9 Å². The summed E-state index contributed by atoms with van der Waals surface area (Å²) in [6.45, 7) is 1.09. The maximum Gasteiger partial charge on any atom is 0.573 e. The molecule has 1 heterocycles. The number of pyridine rings is 1. The molecule has 0 aliphatic rings. The van der Waals surface area contributed by atoms with Crippen LogP contribution in [-0.4, -0.2) is 11.3 Å². The summed E-state index contributed by atoms with van der Waals surface area (Å²) < 4.78 is 79.1. The summed E-state index contributed by atoms with van der Waals surface area (Å²) in [6, 6.07) is 3.32. The smallest absolute Gasteiger partial charge is 0.403 e. The summed E-state index contributed by atoms with van der Waals surface area (Å²) in [5.41, 5.74) is -2.31. The number of rotatable bonds is 1. The molecule has 0 spiro atoms. The van der Waals surface area contributed by atoms with Gasteiger partial charge in [-0.2, -0.15) is 13.2 Å². The molecule has 2 rings (SSSR count).